The molecular weight excluding hydrogens is 188 g/mol. The van der Waals surface area contributed by atoms with Crippen LogP contribution in [0.15, 0.2) is 18.9 Å². The van der Waals surface area contributed by atoms with Crippen LogP contribution in [0.1, 0.15) is 43.8 Å². The summed E-state index contributed by atoms with van der Waals surface area (Å²) in [4.78, 5) is 0. The lowest BCUT2D eigenvalue weighted by atomic mass is 10.1. The van der Waals surface area contributed by atoms with Crippen LogP contribution >= 0.6 is 0 Å². The predicted octanol–water partition coefficient (Wildman–Crippen LogP) is 2.20. The van der Waals surface area contributed by atoms with Gasteiger partial charge >= 0.3 is 0 Å². The first-order valence-corrected chi connectivity index (χ1v) is 5.52. The number of nitrogens with zero attached hydrogens (tertiary/aromatic N) is 2. The SMILES string of the molecule is C=CCCCCCC(NC)c1cn[nH]n1. The van der Waals surface area contributed by atoms with Crippen molar-refractivity contribution in [3.63, 3.8) is 0 Å². The van der Waals surface area contributed by atoms with E-state index in [1.165, 1.54) is 19.3 Å². The van der Waals surface area contributed by atoms with Gasteiger partial charge in [0.25, 0.3) is 0 Å². The monoisotopic (exact) mass is 208 g/mol. The first kappa shape index (κ1) is 11.9. The fraction of sp³-hybridized carbons (Fsp3) is 0.636. The number of rotatable bonds is 8. The quantitative estimate of drug-likeness (QED) is 0.508. The molecule has 0 amide bonds. The number of aromatic nitrogens is 3. The van der Waals surface area contributed by atoms with Gasteiger partial charge in [-0.1, -0.05) is 18.9 Å². The van der Waals surface area contributed by atoms with E-state index in [9.17, 15) is 0 Å². The molecule has 0 aliphatic rings. The van der Waals surface area contributed by atoms with Gasteiger partial charge in [-0.05, 0) is 26.3 Å². The van der Waals surface area contributed by atoms with E-state index >= 15 is 0 Å². The Kier molecular flexibility index (Phi) is 5.70. The van der Waals surface area contributed by atoms with Crippen molar-refractivity contribution in [2.24, 2.45) is 0 Å². The molecule has 0 radical (unpaired) electrons. The topological polar surface area (TPSA) is 53.6 Å². The van der Waals surface area contributed by atoms with Gasteiger partial charge in [0.2, 0.25) is 0 Å². The highest BCUT2D eigenvalue weighted by atomic mass is 15.3. The van der Waals surface area contributed by atoms with Gasteiger partial charge in [0.15, 0.2) is 0 Å². The molecule has 1 aromatic heterocycles. The molecule has 4 heteroatoms. The zero-order chi connectivity index (χ0) is 10.9. The van der Waals surface area contributed by atoms with Gasteiger partial charge in [0, 0.05) is 0 Å². The van der Waals surface area contributed by atoms with E-state index < -0.39 is 0 Å². The second-order valence-electron chi connectivity index (χ2n) is 3.66. The number of unbranched alkanes of at least 4 members (excludes halogenated alkanes) is 3. The van der Waals surface area contributed by atoms with Gasteiger partial charge < -0.3 is 5.32 Å². The molecule has 0 saturated carbocycles. The second-order valence-corrected chi connectivity index (χ2v) is 3.66. The number of allylic oxidation sites excluding steroid dienone is 1. The predicted molar refractivity (Wildman–Crippen MR) is 61.5 cm³/mol. The van der Waals surface area contributed by atoms with Gasteiger partial charge in [-0.15, -0.1) is 6.58 Å². The first-order valence-electron chi connectivity index (χ1n) is 5.52. The molecule has 0 aromatic carbocycles. The summed E-state index contributed by atoms with van der Waals surface area (Å²) in [5.41, 5.74) is 1.00. The van der Waals surface area contributed by atoms with Crippen molar-refractivity contribution >= 4 is 0 Å². The Morgan fingerprint density at radius 2 is 2.40 bits per heavy atom. The summed E-state index contributed by atoms with van der Waals surface area (Å²) in [5.74, 6) is 0. The lowest BCUT2D eigenvalue weighted by Crippen LogP contribution is -2.16. The maximum absolute atomic E-state index is 4.09. The van der Waals surface area contributed by atoms with Crippen molar-refractivity contribution in [3.05, 3.63) is 24.5 Å². The molecule has 0 fully saturated rings. The summed E-state index contributed by atoms with van der Waals surface area (Å²) in [6.07, 6.45) is 9.69. The van der Waals surface area contributed by atoms with E-state index in [1.807, 2.05) is 13.1 Å². The van der Waals surface area contributed by atoms with Crippen molar-refractivity contribution < 1.29 is 0 Å². The molecule has 1 rings (SSSR count). The van der Waals surface area contributed by atoms with Crippen LogP contribution in [-0.4, -0.2) is 22.5 Å². The van der Waals surface area contributed by atoms with Crippen LogP contribution in [0.25, 0.3) is 0 Å². The van der Waals surface area contributed by atoms with Crippen molar-refractivity contribution in [2.45, 2.75) is 38.1 Å². The molecule has 2 N–H and O–H groups in total. The van der Waals surface area contributed by atoms with Crippen LogP contribution in [-0.2, 0) is 0 Å². The summed E-state index contributed by atoms with van der Waals surface area (Å²) in [6, 6.07) is 0.326. The Morgan fingerprint density at radius 3 is 3.00 bits per heavy atom. The Hall–Kier alpha value is -1.16. The number of aromatic amines is 1. The van der Waals surface area contributed by atoms with E-state index in [-0.39, 0.29) is 0 Å². The van der Waals surface area contributed by atoms with Crippen molar-refractivity contribution in [1.82, 2.24) is 20.7 Å². The summed E-state index contributed by atoms with van der Waals surface area (Å²) >= 11 is 0. The normalized spacial score (nSPS) is 12.6. The minimum Gasteiger partial charge on any atom is -0.312 e. The molecule has 0 spiro atoms. The number of hydrogen-bond donors (Lipinski definition) is 2. The van der Waals surface area contributed by atoms with Crippen molar-refractivity contribution in [2.75, 3.05) is 7.05 Å². The third-order valence-corrected chi connectivity index (χ3v) is 2.54. The lowest BCUT2D eigenvalue weighted by Gasteiger charge is -2.12. The minimum atomic E-state index is 0.326. The molecule has 15 heavy (non-hydrogen) atoms. The smallest absolute Gasteiger partial charge is 0.0993 e. The van der Waals surface area contributed by atoms with Crippen LogP contribution in [0.5, 0.6) is 0 Å². The Balaban J connectivity index is 2.20. The first-order chi connectivity index (χ1) is 7.38. The highest BCUT2D eigenvalue weighted by Gasteiger charge is 2.10. The fourth-order valence-electron chi connectivity index (χ4n) is 1.63. The highest BCUT2D eigenvalue weighted by Crippen LogP contribution is 2.16. The third-order valence-electron chi connectivity index (χ3n) is 2.54. The molecule has 1 aromatic rings. The van der Waals surface area contributed by atoms with E-state index in [0.717, 1.165) is 18.5 Å². The largest absolute Gasteiger partial charge is 0.312 e. The molecule has 0 bridgehead atoms. The Bertz CT molecular complexity index is 256. The van der Waals surface area contributed by atoms with Crippen molar-refractivity contribution in [3.8, 4) is 0 Å². The molecule has 0 aliphatic carbocycles. The average Bonchev–Trinajstić information content (AvgIpc) is 2.77. The Labute approximate surface area is 91.2 Å². The zero-order valence-electron chi connectivity index (χ0n) is 9.37. The van der Waals surface area contributed by atoms with Crippen molar-refractivity contribution in [1.29, 1.82) is 0 Å². The average molecular weight is 208 g/mol. The summed E-state index contributed by atoms with van der Waals surface area (Å²) < 4.78 is 0. The zero-order valence-corrected chi connectivity index (χ0v) is 9.37. The van der Waals surface area contributed by atoms with Gasteiger partial charge in [0.1, 0.15) is 0 Å². The summed E-state index contributed by atoms with van der Waals surface area (Å²) in [6.45, 7) is 3.72. The van der Waals surface area contributed by atoms with E-state index in [2.05, 4.69) is 27.3 Å². The van der Waals surface area contributed by atoms with E-state index in [1.54, 1.807) is 6.20 Å². The molecule has 1 atom stereocenters. The molecular formula is C11H20N4. The number of hydrogen-bond acceptors (Lipinski definition) is 3. The molecule has 4 nitrogen and oxygen atoms in total. The molecule has 1 unspecified atom stereocenters. The molecule has 1 heterocycles. The second kappa shape index (κ2) is 7.17. The lowest BCUT2D eigenvalue weighted by molar-refractivity contribution is 0.497. The van der Waals surface area contributed by atoms with Gasteiger partial charge in [-0.25, -0.2) is 0 Å². The molecule has 0 saturated heterocycles. The molecule has 84 valence electrons. The fourth-order valence-corrected chi connectivity index (χ4v) is 1.63. The maximum atomic E-state index is 4.09. The molecule has 0 aliphatic heterocycles. The number of nitrogens with one attached hydrogen (secondary N) is 2. The van der Waals surface area contributed by atoms with Gasteiger partial charge in [-0.2, -0.15) is 15.4 Å². The third kappa shape index (κ3) is 4.25. The van der Waals surface area contributed by atoms with E-state index in [0.29, 0.717) is 6.04 Å². The maximum Gasteiger partial charge on any atom is 0.0993 e. The van der Waals surface area contributed by atoms with E-state index in [4.69, 9.17) is 0 Å². The summed E-state index contributed by atoms with van der Waals surface area (Å²) in [5, 5.41) is 13.8. The standard InChI is InChI=1S/C11H20N4/c1-3-4-5-6-7-8-10(12-2)11-9-13-15-14-11/h3,9-10,12H,1,4-8H2,2H3,(H,13,14,15). The van der Waals surface area contributed by atoms with Crippen LogP contribution in [0.2, 0.25) is 0 Å². The van der Waals surface area contributed by atoms with Gasteiger partial charge in [0.05, 0.1) is 17.9 Å². The van der Waals surface area contributed by atoms with Crippen LogP contribution in [0.4, 0.5) is 0 Å². The Morgan fingerprint density at radius 1 is 1.53 bits per heavy atom. The minimum absolute atomic E-state index is 0.326. The van der Waals surface area contributed by atoms with Crippen LogP contribution in [0, 0.1) is 0 Å². The van der Waals surface area contributed by atoms with Gasteiger partial charge in [-0.3, -0.25) is 0 Å². The van der Waals surface area contributed by atoms with Crippen LogP contribution in [0.3, 0.4) is 0 Å². The highest BCUT2D eigenvalue weighted by molar-refractivity contribution is 4.98. The number of H-pyrrole nitrogens is 1. The summed E-state index contributed by atoms with van der Waals surface area (Å²) in [7, 11) is 1.96. The van der Waals surface area contributed by atoms with Crippen LogP contribution < -0.4 is 5.32 Å².